The zero-order valence-electron chi connectivity index (χ0n) is 11.5. The Labute approximate surface area is 118 Å². The van der Waals surface area contributed by atoms with Crippen LogP contribution in [0.25, 0.3) is 0 Å². The number of nitrogens with zero attached hydrogens (tertiary/aromatic N) is 1. The maximum Gasteiger partial charge on any atom is 0.407 e. The maximum absolute atomic E-state index is 11.3. The molecule has 0 aliphatic heterocycles. The Kier molecular flexibility index (Phi) is 6.05. The molecule has 106 valence electrons. The molecule has 0 aliphatic carbocycles. The van der Waals surface area contributed by atoms with E-state index in [0.29, 0.717) is 24.8 Å². The maximum atomic E-state index is 11.3. The molecule has 2 N–H and O–H groups in total. The second kappa shape index (κ2) is 7.31. The van der Waals surface area contributed by atoms with Crippen LogP contribution in [0.1, 0.15) is 26.3 Å². The average molecular weight is 286 g/mol. The van der Waals surface area contributed by atoms with Crippen molar-refractivity contribution in [2.75, 3.05) is 13.1 Å². The van der Waals surface area contributed by atoms with Crippen molar-refractivity contribution in [2.24, 2.45) is 0 Å². The number of alkyl carbamates (subject to hydrolysis) is 1. The number of pyridine rings is 1. The molecule has 6 heteroatoms. The van der Waals surface area contributed by atoms with Crippen LogP contribution in [-0.2, 0) is 11.3 Å². The van der Waals surface area contributed by atoms with Crippen LogP contribution >= 0.6 is 11.6 Å². The Morgan fingerprint density at radius 3 is 2.68 bits per heavy atom. The van der Waals surface area contributed by atoms with Gasteiger partial charge in [0.15, 0.2) is 0 Å². The molecule has 0 aliphatic rings. The molecule has 0 unspecified atom stereocenters. The fraction of sp³-hybridized carbons (Fsp3) is 0.538. The average Bonchev–Trinajstić information content (AvgIpc) is 2.29. The molecule has 19 heavy (non-hydrogen) atoms. The van der Waals surface area contributed by atoms with Gasteiger partial charge in [0.05, 0.1) is 0 Å². The van der Waals surface area contributed by atoms with Crippen LogP contribution in [0.15, 0.2) is 18.3 Å². The number of rotatable bonds is 5. The van der Waals surface area contributed by atoms with Crippen LogP contribution in [-0.4, -0.2) is 29.8 Å². The smallest absolute Gasteiger partial charge is 0.407 e. The van der Waals surface area contributed by atoms with E-state index in [4.69, 9.17) is 16.3 Å². The summed E-state index contributed by atoms with van der Waals surface area (Å²) in [6.45, 7) is 7.34. The van der Waals surface area contributed by atoms with Crippen LogP contribution in [0.3, 0.4) is 0 Å². The van der Waals surface area contributed by atoms with E-state index >= 15 is 0 Å². The second-order valence-electron chi connectivity index (χ2n) is 5.09. The first-order chi connectivity index (χ1) is 8.87. The Balaban J connectivity index is 2.11. The first kappa shape index (κ1) is 15.7. The third-order valence-corrected chi connectivity index (χ3v) is 2.31. The molecule has 0 saturated carbocycles. The van der Waals surface area contributed by atoms with Crippen molar-refractivity contribution in [1.29, 1.82) is 0 Å². The number of hydrogen-bond donors (Lipinski definition) is 2. The molecule has 1 rings (SSSR count). The van der Waals surface area contributed by atoms with E-state index in [1.54, 1.807) is 12.3 Å². The third kappa shape index (κ3) is 7.64. The van der Waals surface area contributed by atoms with Gasteiger partial charge in [-0.3, -0.25) is 0 Å². The molecule has 0 saturated heterocycles. The molecule has 1 aromatic heterocycles. The summed E-state index contributed by atoms with van der Waals surface area (Å²) in [5, 5.41) is 6.34. The number of aromatic nitrogens is 1. The fourth-order valence-electron chi connectivity index (χ4n) is 1.31. The van der Waals surface area contributed by atoms with E-state index in [0.717, 1.165) is 5.56 Å². The highest BCUT2D eigenvalue weighted by Crippen LogP contribution is 2.06. The molecule has 0 aromatic carbocycles. The summed E-state index contributed by atoms with van der Waals surface area (Å²) in [5.41, 5.74) is 0.577. The van der Waals surface area contributed by atoms with Crippen molar-refractivity contribution in [3.63, 3.8) is 0 Å². The van der Waals surface area contributed by atoms with Gasteiger partial charge >= 0.3 is 6.09 Å². The van der Waals surface area contributed by atoms with Crippen LogP contribution in [0, 0.1) is 0 Å². The number of carbonyl (C=O) groups is 1. The number of halogens is 1. The third-order valence-electron chi connectivity index (χ3n) is 2.09. The van der Waals surface area contributed by atoms with Gasteiger partial charge < -0.3 is 15.4 Å². The van der Waals surface area contributed by atoms with Gasteiger partial charge in [0.2, 0.25) is 0 Å². The zero-order chi connectivity index (χ0) is 14.3. The standard InChI is InChI=1S/C13H20ClN3O2/c1-13(2,3)19-12(18)16-7-6-15-8-10-4-5-11(14)17-9-10/h4-5,9,15H,6-8H2,1-3H3,(H,16,18). The Morgan fingerprint density at radius 2 is 2.11 bits per heavy atom. The molecule has 0 atom stereocenters. The van der Waals surface area contributed by atoms with Gasteiger partial charge in [-0.15, -0.1) is 0 Å². The van der Waals surface area contributed by atoms with E-state index in [1.807, 2.05) is 26.8 Å². The number of hydrogen-bond acceptors (Lipinski definition) is 4. The zero-order valence-corrected chi connectivity index (χ0v) is 12.3. The van der Waals surface area contributed by atoms with Gasteiger partial charge in [-0.25, -0.2) is 9.78 Å². The normalized spacial score (nSPS) is 11.2. The highest BCUT2D eigenvalue weighted by molar-refractivity contribution is 6.29. The van der Waals surface area contributed by atoms with Crippen molar-refractivity contribution >= 4 is 17.7 Å². The van der Waals surface area contributed by atoms with Crippen LogP contribution in [0.2, 0.25) is 5.15 Å². The van der Waals surface area contributed by atoms with Crippen molar-refractivity contribution in [3.8, 4) is 0 Å². The van der Waals surface area contributed by atoms with E-state index in [9.17, 15) is 4.79 Å². The predicted molar refractivity (Wildman–Crippen MR) is 75.2 cm³/mol. The first-order valence-corrected chi connectivity index (χ1v) is 6.52. The lowest BCUT2D eigenvalue weighted by molar-refractivity contribution is 0.0528. The Hall–Kier alpha value is -1.33. The van der Waals surface area contributed by atoms with Gasteiger partial charge in [0, 0.05) is 25.8 Å². The van der Waals surface area contributed by atoms with Gasteiger partial charge in [-0.2, -0.15) is 0 Å². The number of amides is 1. The fourth-order valence-corrected chi connectivity index (χ4v) is 1.42. The molecule has 0 bridgehead atoms. The van der Waals surface area contributed by atoms with Crippen molar-refractivity contribution < 1.29 is 9.53 Å². The summed E-state index contributed by atoms with van der Waals surface area (Å²) in [5.74, 6) is 0. The topological polar surface area (TPSA) is 63.2 Å². The van der Waals surface area contributed by atoms with Crippen LogP contribution in [0.5, 0.6) is 0 Å². The van der Waals surface area contributed by atoms with E-state index in [1.165, 1.54) is 0 Å². The van der Waals surface area contributed by atoms with Crippen molar-refractivity contribution in [2.45, 2.75) is 32.9 Å². The number of ether oxygens (including phenoxy) is 1. The quantitative estimate of drug-likeness (QED) is 0.644. The summed E-state index contributed by atoms with van der Waals surface area (Å²) < 4.78 is 5.11. The van der Waals surface area contributed by atoms with Gasteiger partial charge in [-0.1, -0.05) is 17.7 Å². The first-order valence-electron chi connectivity index (χ1n) is 6.15. The van der Waals surface area contributed by atoms with Gasteiger partial charge in [0.1, 0.15) is 10.8 Å². The lowest BCUT2D eigenvalue weighted by Gasteiger charge is -2.19. The predicted octanol–water partition coefficient (Wildman–Crippen LogP) is 2.35. The van der Waals surface area contributed by atoms with Crippen LogP contribution in [0.4, 0.5) is 4.79 Å². The van der Waals surface area contributed by atoms with Crippen molar-refractivity contribution in [3.05, 3.63) is 29.0 Å². The Morgan fingerprint density at radius 1 is 1.37 bits per heavy atom. The molecule has 1 aromatic rings. The lowest BCUT2D eigenvalue weighted by Crippen LogP contribution is -2.36. The van der Waals surface area contributed by atoms with Crippen LogP contribution < -0.4 is 10.6 Å². The molecule has 0 radical (unpaired) electrons. The highest BCUT2D eigenvalue weighted by atomic mass is 35.5. The number of nitrogens with one attached hydrogen (secondary N) is 2. The van der Waals surface area contributed by atoms with E-state index < -0.39 is 11.7 Å². The second-order valence-corrected chi connectivity index (χ2v) is 5.48. The molecule has 5 nitrogen and oxygen atoms in total. The minimum Gasteiger partial charge on any atom is -0.444 e. The summed E-state index contributed by atoms with van der Waals surface area (Å²) in [4.78, 5) is 15.3. The van der Waals surface area contributed by atoms with E-state index in [-0.39, 0.29) is 0 Å². The monoisotopic (exact) mass is 285 g/mol. The molecular weight excluding hydrogens is 266 g/mol. The molecule has 1 heterocycles. The highest BCUT2D eigenvalue weighted by Gasteiger charge is 2.15. The minimum absolute atomic E-state index is 0.401. The molecule has 0 fully saturated rings. The number of carbonyl (C=O) groups excluding carboxylic acids is 1. The molecule has 0 spiro atoms. The summed E-state index contributed by atoms with van der Waals surface area (Å²) >= 11 is 5.69. The van der Waals surface area contributed by atoms with Crippen molar-refractivity contribution in [1.82, 2.24) is 15.6 Å². The van der Waals surface area contributed by atoms with E-state index in [2.05, 4.69) is 15.6 Å². The molecule has 1 amide bonds. The summed E-state index contributed by atoms with van der Waals surface area (Å²) in [6, 6.07) is 3.65. The summed E-state index contributed by atoms with van der Waals surface area (Å²) in [6.07, 6.45) is 1.32. The summed E-state index contributed by atoms with van der Waals surface area (Å²) in [7, 11) is 0. The van der Waals surface area contributed by atoms with Gasteiger partial charge in [0.25, 0.3) is 0 Å². The van der Waals surface area contributed by atoms with Gasteiger partial charge in [-0.05, 0) is 32.4 Å². The molecular formula is C13H20ClN3O2. The Bertz CT molecular complexity index is 401. The minimum atomic E-state index is -0.466. The largest absolute Gasteiger partial charge is 0.444 e. The lowest BCUT2D eigenvalue weighted by atomic mass is 10.2. The SMILES string of the molecule is CC(C)(C)OC(=O)NCCNCc1ccc(Cl)nc1.